The van der Waals surface area contributed by atoms with Crippen LogP contribution >= 0.6 is 21.7 Å². The van der Waals surface area contributed by atoms with Crippen molar-refractivity contribution in [2.24, 2.45) is 0 Å². The highest BCUT2D eigenvalue weighted by molar-refractivity contribution is 8.23. The van der Waals surface area contributed by atoms with Gasteiger partial charge in [0.05, 0.1) is 6.08 Å². The Labute approximate surface area is 57.4 Å². The van der Waals surface area contributed by atoms with E-state index in [9.17, 15) is 17.6 Å². The topological polar surface area (TPSA) is 0 Å². The minimum Gasteiger partial charge on any atom is -0.198 e. The monoisotopic (exact) mass is 180 g/mol. The molecule has 0 saturated carbocycles. The van der Waals surface area contributed by atoms with Crippen LogP contribution in [0.15, 0.2) is 11.2 Å². The van der Waals surface area contributed by atoms with Crippen LogP contribution in [0, 0.1) is 0 Å². The van der Waals surface area contributed by atoms with E-state index in [1.807, 2.05) is 0 Å². The Morgan fingerprint density at radius 2 is 1.89 bits per heavy atom. The summed E-state index contributed by atoms with van der Waals surface area (Å²) >= 11 is 0. The highest BCUT2D eigenvalue weighted by Gasteiger charge is 2.24. The fourth-order valence-electron chi connectivity index (χ4n) is 0.151. The van der Waals surface area contributed by atoms with Crippen molar-refractivity contribution in [1.82, 2.24) is 0 Å². The molecule has 0 aromatic carbocycles. The maximum absolute atomic E-state index is 11.6. The summed E-state index contributed by atoms with van der Waals surface area (Å²) in [7, 11) is 4.53. The van der Waals surface area contributed by atoms with E-state index in [4.69, 9.17) is 0 Å². The van der Waals surface area contributed by atoms with E-state index in [1.165, 1.54) is 0 Å². The summed E-state index contributed by atoms with van der Waals surface area (Å²) in [6, 6.07) is 0. The second kappa shape index (κ2) is 3.31. The van der Waals surface area contributed by atoms with Crippen molar-refractivity contribution < 1.29 is 17.6 Å². The van der Waals surface area contributed by atoms with E-state index in [2.05, 4.69) is 10.7 Å². The van der Waals surface area contributed by atoms with Crippen LogP contribution in [-0.4, -0.2) is 6.18 Å². The van der Waals surface area contributed by atoms with Crippen LogP contribution in [0.1, 0.15) is 0 Å². The van der Waals surface area contributed by atoms with E-state index in [0.717, 1.165) is 0 Å². The third kappa shape index (κ3) is 5.98. The van der Waals surface area contributed by atoms with Crippen molar-refractivity contribution in [3.8, 4) is 0 Å². The number of halogens is 5. The molecule has 0 heterocycles. The summed E-state index contributed by atoms with van der Waals surface area (Å²) in [6.07, 6.45) is -5.13. The zero-order valence-electron chi connectivity index (χ0n) is 3.88. The number of rotatable bonds is 1. The van der Waals surface area contributed by atoms with Crippen LogP contribution in [-0.2, 0) is 0 Å². The molecular formula is C3HClF4S. The van der Waals surface area contributed by atoms with Gasteiger partial charge in [-0.2, -0.15) is 17.6 Å². The highest BCUT2D eigenvalue weighted by Crippen LogP contribution is 2.27. The lowest BCUT2D eigenvalue weighted by Crippen LogP contribution is -2.00. The SMILES string of the molecule is FC(=CC(F)(F)F)SCl. The van der Waals surface area contributed by atoms with Gasteiger partial charge in [0.25, 0.3) is 0 Å². The van der Waals surface area contributed by atoms with E-state index >= 15 is 0 Å². The third-order valence-corrected chi connectivity index (χ3v) is 1.06. The molecule has 0 amide bonds. The zero-order valence-corrected chi connectivity index (χ0v) is 5.45. The lowest BCUT2D eigenvalue weighted by molar-refractivity contribution is -0.0808. The fourth-order valence-corrected chi connectivity index (χ4v) is 0.463. The van der Waals surface area contributed by atoms with Crippen molar-refractivity contribution in [2.75, 3.05) is 0 Å². The van der Waals surface area contributed by atoms with E-state index < -0.39 is 17.4 Å². The van der Waals surface area contributed by atoms with Gasteiger partial charge in [-0.05, 0) is 10.7 Å². The van der Waals surface area contributed by atoms with Crippen molar-refractivity contribution in [3.05, 3.63) is 11.2 Å². The molecule has 0 aliphatic carbocycles. The predicted molar refractivity (Wildman–Crippen MR) is 28.7 cm³/mol. The lowest BCUT2D eigenvalue weighted by atomic mass is 10.6. The quantitative estimate of drug-likeness (QED) is 0.558. The molecule has 0 aromatic rings. The first kappa shape index (κ1) is 9.10. The normalized spacial score (nSPS) is 14.1. The molecule has 6 heteroatoms. The molecule has 0 unspecified atom stereocenters. The van der Waals surface area contributed by atoms with Crippen molar-refractivity contribution in [2.45, 2.75) is 6.18 Å². The molecule has 54 valence electrons. The zero-order chi connectivity index (χ0) is 7.49. The Morgan fingerprint density at radius 3 is 2.00 bits per heavy atom. The Morgan fingerprint density at radius 1 is 1.44 bits per heavy atom. The average Bonchev–Trinajstić information content (AvgIpc) is 1.62. The van der Waals surface area contributed by atoms with Crippen LogP contribution in [0.5, 0.6) is 0 Å². The van der Waals surface area contributed by atoms with E-state index in [1.54, 1.807) is 0 Å². The van der Waals surface area contributed by atoms with Gasteiger partial charge in [0.15, 0.2) is 5.16 Å². The summed E-state index contributed by atoms with van der Waals surface area (Å²) in [5.41, 5.74) is 0. The predicted octanol–water partition coefficient (Wildman–Crippen LogP) is 3.25. The number of hydrogen-bond donors (Lipinski definition) is 0. The smallest absolute Gasteiger partial charge is 0.198 e. The Balaban J connectivity index is 3.95. The second-order valence-corrected chi connectivity index (χ2v) is 2.07. The summed E-state index contributed by atoms with van der Waals surface area (Å²) in [5.74, 6) is 0. The molecule has 0 nitrogen and oxygen atoms in total. The molecule has 0 aliphatic heterocycles. The largest absolute Gasteiger partial charge is 0.413 e. The molecule has 0 saturated heterocycles. The molecule has 0 bridgehead atoms. The maximum Gasteiger partial charge on any atom is 0.413 e. The highest BCUT2D eigenvalue weighted by atomic mass is 35.7. The van der Waals surface area contributed by atoms with Crippen molar-refractivity contribution in [3.63, 3.8) is 0 Å². The summed E-state index contributed by atoms with van der Waals surface area (Å²) in [6.45, 7) is 0. The summed E-state index contributed by atoms with van der Waals surface area (Å²) in [4.78, 5) is 0. The van der Waals surface area contributed by atoms with Gasteiger partial charge in [-0.15, -0.1) is 0 Å². The van der Waals surface area contributed by atoms with Gasteiger partial charge < -0.3 is 0 Å². The number of allylic oxidation sites excluding steroid dienone is 1. The molecule has 9 heavy (non-hydrogen) atoms. The first-order valence-electron chi connectivity index (χ1n) is 1.69. The maximum atomic E-state index is 11.6. The molecule has 0 atom stereocenters. The fraction of sp³-hybridized carbons (Fsp3) is 0.333. The van der Waals surface area contributed by atoms with Crippen LogP contribution in [0.2, 0.25) is 0 Å². The molecule has 0 aromatic heterocycles. The van der Waals surface area contributed by atoms with Gasteiger partial charge in [0.2, 0.25) is 0 Å². The minimum atomic E-state index is -4.62. The molecule has 0 aliphatic rings. The van der Waals surface area contributed by atoms with Crippen molar-refractivity contribution in [1.29, 1.82) is 0 Å². The molecule has 0 fully saturated rings. The summed E-state index contributed by atoms with van der Waals surface area (Å²) in [5, 5.41) is -1.45. The van der Waals surface area contributed by atoms with Gasteiger partial charge in [0.1, 0.15) is 0 Å². The third-order valence-electron chi connectivity index (χ3n) is 0.351. The van der Waals surface area contributed by atoms with Crippen LogP contribution in [0.4, 0.5) is 17.6 Å². The van der Waals surface area contributed by atoms with Crippen LogP contribution < -0.4 is 0 Å². The van der Waals surface area contributed by atoms with Gasteiger partial charge in [-0.25, -0.2) is 0 Å². The van der Waals surface area contributed by atoms with E-state index in [0.29, 0.717) is 0 Å². The second-order valence-electron chi connectivity index (χ2n) is 1.07. The Bertz CT molecular complexity index is 117. The average molecular weight is 181 g/mol. The number of hydrogen-bond acceptors (Lipinski definition) is 1. The lowest BCUT2D eigenvalue weighted by Gasteiger charge is -1.95. The Hall–Kier alpha value is 0.1000. The minimum absolute atomic E-state index is 0.102. The van der Waals surface area contributed by atoms with E-state index in [-0.39, 0.29) is 11.0 Å². The molecule has 0 rings (SSSR count). The standard InChI is InChI=1S/C3HClF4S/c4-9-2(5)1-3(6,7)8/h1H. The van der Waals surface area contributed by atoms with Gasteiger partial charge in [0, 0.05) is 11.0 Å². The molecule has 0 radical (unpaired) electrons. The first-order valence-corrected chi connectivity index (χ1v) is 3.33. The summed E-state index contributed by atoms with van der Waals surface area (Å²) < 4.78 is 44.9. The van der Waals surface area contributed by atoms with Gasteiger partial charge >= 0.3 is 6.18 Å². The molecule has 0 N–H and O–H groups in total. The molecule has 0 spiro atoms. The first-order chi connectivity index (χ1) is 3.95. The van der Waals surface area contributed by atoms with Gasteiger partial charge in [-0.3, -0.25) is 0 Å². The Kier molecular flexibility index (Phi) is 3.35. The van der Waals surface area contributed by atoms with Crippen molar-refractivity contribution >= 4 is 21.7 Å². The van der Waals surface area contributed by atoms with Crippen LogP contribution in [0.3, 0.4) is 0 Å². The molecular weight excluding hydrogens is 180 g/mol. The van der Waals surface area contributed by atoms with Gasteiger partial charge in [-0.1, -0.05) is 0 Å². The van der Waals surface area contributed by atoms with Crippen LogP contribution in [0.25, 0.3) is 0 Å². The number of alkyl halides is 3.